The third-order valence-electron chi connectivity index (χ3n) is 2.95. The smallest absolute Gasteiger partial charge is 0.128 e. The highest BCUT2D eigenvalue weighted by atomic mass is 16.5. The number of rotatable bonds is 5. The van der Waals surface area contributed by atoms with E-state index in [9.17, 15) is 0 Å². The van der Waals surface area contributed by atoms with Gasteiger partial charge in [0.05, 0.1) is 18.8 Å². The Kier molecular flexibility index (Phi) is 4.82. The van der Waals surface area contributed by atoms with Crippen LogP contribution < -0.4 is 15.2 Å². The van der Waals surface area contributed by atoms with E-state index in [1.165, 1.54) is 0 Å². The number of ether oxygens (including phenoxy) is 2. The second-order valence-corrected chi connectivity index (χ2v) is 4.73. The molecule has 0 aliphatic rings. The minimum atomic E-state index is -0.111. The third kappa shape index (κ3) is 3.37. The van der Waals surface area contributed by atoms with Gasteiger partial charge in [0, 0.05) is 6.04 Å². The highest BCUT2D eigenvalue weighted by Crippen LogP contribution is 2.33. The maximum absolute atomic E-state index is 5.98. The van der Waals surface area contributed by atoms with Crippen molar-refractivity contribution < 1.29 is 9.47 Å². The summed E-state index contributed by atoms with van der Waals surface area (Å²) in [5.41, 5.74) is 6.92. The molecule has 1 unspecified atom stereocenters. The fourth-order valence-electron chi connectivity index (χ4n) is 1.59. The van der Waals surface area contributed by atoms with Crippen molar-refractivity contribution in [3.8, 4) is 11.5 Å². The van der Waals surface area contributed by atoms with Crippen LogP contribution in [0.15, 0.2) is 18.2 Å². The van der Waals surface area contributed by atoms with Gasteiger partial charge in [-0.3, -0.25) is 0 Å². The molecule has 1 aromatic rings. The number of hydrogen-bond acceptors (Lipinski definition) is 3. The van der Waals surface area contributed by atoms with Crippen molar-refractivity contribution in [2.75, 3.05) is 7.11 Å². The first-order valence-corrected chi connectivity index (χ1v) is 6.06. The number of benzene rings is 1. The zero-order valence-corrected chi connectivity index (χ0v) is 11.4. The molecule has 0 amide bonds. The van der Waals surface area contributed by atoms with Crippen molar-refractivity contribution in [1.29, 1.82) is 0 Å². The van der Waals surface area contributed by atoms with E-state index in [2.05, 4.69) is 20.8 Å². The number of nitrogens with two attached hydrogens (primary N) is 1. The van der Waals surface area contributed by atoms with E-state index in [-0.39, 0.29) is 12.1 Å². The molecule has 0 saturated heterocycles. The summed E-state index contributed by atoms with van der Waals surface area (Å²) in [4.78, 5) is 0. The van der Waals surface area contributed by atoms with E-state index in [1.54, 1.807) is 7.11 Å². The first-order chi connectivity index (χ1) is 7.97. The zero-order chi connectivity index (χ0) is 13.0. The lowest BCUT2D eigenvalue weighted by Crippen LogP contribution is -2.20. The molecule has 0 aromatic heterocycles. The van der Waals surface area contributed by atoms with Gasteiger partial charge in [-0.2, -0.15) is 0 Å². The average molecular weight is 237 g/mol. The molecule has 2 N–H and O–H groups in total. The van der Waals surface area contributed by atoms with Crippen molar-refractivity contribution >= 4 is 0 Å². The second kappa shape index (κ2) is 5.92. The second-order valence-electron chi connectivity index (χ2n) is 4.73. The van der Waals surface area contributed by atoms with E-state index in [0.717, 1.165) is 17.1 Å². The van der Waals surface area contributed by atoms with Gasteiger partial charge in [-0.15, -0.1) is 0 Å². The lowest BCUT2D eigenvalue weighted by atomic mass is 10.1. The summed E-state index contributed by atoms with van der Waals surface area (Å²) in [6.07, 6.45) is 0.152. The van der Waals surface area contributed by atoms with Crippen LogP contribution in [0.2, 0.25) is 0 Å². The summed E-state index contributed by atoms with van der Waals surface area (Å²) in [6, 6.07) is 5.67. The minimum absolute atomic E-state index is 0.111. The van der Waals surface area contributed by atoms with Crippen LogP contribution >= 0.6 is 0 Å². The monoisotopic (exact) mass is 237 g/mol. The predicted molar refractivity (Wildman–Crippen MR) is 70.5 cm³/mol. The van der Waals surface area contributed by atoms with Crippen LogP contribution in [0.1, 0.15) is 39.3 Å². The van der Waals surface area contributed by atoms with Gasteiger partial charge in [-0.25, -0.2) is 0 Å². The maximum atomic E-state index is 5.98. The summed E-state index contributed by atoms with van der Waals surface area (Å²) in [5, 5.41) is 0. The molecule has 0 radical (unpaired) electrons. The first kappa shape index (κ1) is 13.8. The van der Waals surface area contributed by atoms with E-state index in [4.69, 9.17) is 15.2 Å². The van der Waals surface area contributed by atoms with Gasteiger partial charge in [0.1, 0.15) is 11.5 Å². The van der Waals surface area contributed by atoms with Crippen LogP contribution in [0.3, 0.4) is 0 Å². The van der Waals surface area contributed by atoms with Crippen LogP contribution in [-0.2, 0) is 0 Å². The van der Waals surface area contributed by atoms with Crippen molar-refractivity contribution in [2.45, 2.75) is 39.8 Å². The summed E-state index contributed by atoms with van der Waals surface area (Å²) in [6.45, 7) is 8.27. The third-order valence-corrected chi connectivity index (χ3v) is 2.95. The van der Waals surface area contributed by atoms with Crippen molar-refractivity contribution in [1.82, 2.24) is 0 Å². The molecule has 1 aromatic carbocycles. The Labute approximate surface area is 104 Å². The summed E-state index contributed by atoms with van der Waals surface area (Å²) < 4.78 is 11.3. The van der Waals surface area contributed by atoms with Gasteiger partial charge in [0.25, 0.3) is 0 Å². The lowest BCUT2D eigenvalue weighted by molar-refractivity contribution is 0.167. The largest absolute Gasteiger partial charge is 0.496 e. The fraction of sp³-hybridized carbons (Fsp3) is 0.571. The van der Waals surface area contributed by atoms with Crippen molar-refractivity contribution in [3.63, 3.8) is 0 Å². The Balaban J connectivity index is 3.06. The Morgan fingerprint density at radius 1 is 1.06 bits per heavy atom. The molecule has 2 atom stereocenters. The molecule has 3 nitrogen and oxygen atoms in total. The Morgan fingerprint density at radius 3 is 2.12 bits per heavy atom. The summed E-state index contributed by atoms with van der Waals surface area (Å²) in [5.74, 6) is 2.07. The molecule has 3 heteroatoms. The molecule has 0 bridgehead atoms. The topological polar surface area (TPSA) is 44.5 Å². The highest BCUT2D eigenvalue weighted by molar-refractivity contribution is 5.46. The molecule has 0 spiro atoms. The normalized spacial score (nSPS) is 14.5. The molecule has 0 aliphatic carbocycles. The van der Waals surface area contributed by atoms with Crippen LogP contribution in [0, 0.1) is 5.92 Å². The zero-order valence-electron chi connectivity index (χ0n) is 11.4. The van der Waals surface area contributed by atoms with E-state index in [0.29, 0.717) is 5.92 Å². The van der Waals surface area contributed by atoms with Crippen LogP contribution in [0.25, 0.3) is 0 Å². The predicted octanol–water partition coefficient (Wildman–Crippen LogP) is 3.14. The van der Waals surface area contributed by atoms with Crippen molar-refractivity contribution in [2.24, 2.45) is 11.7 Å². The standard InChI is InChI=1S/C14H23NO2/c1-9(2)11(4)17-13-8-6-7-12(16-5)14(13)10(3)15/h6-11H,15H2,1-5H3/t10-,11?/m1/s1. The maximum Gasteiger partial charge on any atom is 0.128 e. The molecule has 0 heterocycles. The van der Waals surface area contributed by atoms with Crippen LogP contribution in [0.5, 0.6) is 11.5 Å². The highest BCUT2D eigenvalue weighted by Gasteiger charge is 2.17. The molecule has 1 rings (SSSR count). The van der Waals surface area contributed by atoms with Gasteiger partial charge in [0.2, 0.25) is 0 Å². The average Bonchev–Trinajstić information content (AvgIpc) is 2.27. The van der Waals surface area contributed by atoms with E-state index in [1.807, 2.05) is 25.1 Å². The Hall–Kier alpha value is -1.22. The minimum Gasteiger partial charge on any atom is -0.496 e. The number of methoxy groups -OCH3 is 1. The number of hydrogen-bond donors (Lipinski definition) is 1. The fourth-order valence-corrected chi connectivity index (χ4v) is 1.59. The van der Waals surface area contributed by atoms with Gasteiger partial charge in [-0.05, 0) is 31.9 Å². The molecule has 0 saturated carbocycles. The van der Waals surface area contributed by atoms with E-state index >= 15 is 0 Å². The van der Waals surface area contributed by atoms with Gasteiger partial charge >= 0.3 is 0 Å². The van der Waals surface area contributed by atoms with Crippen LogP contribution in [-0.4, -0.2) is 13.2 Å². The molecule has 0 aliphatic heterocycles. The molecule has 0 fully saturated rings. The first-order valence-electron chi connectivity index (χ1n) is 6.06. The summed E-state index contributed by atoms with van der Waals surface area (Å²) in [7, 11) is 1.65. The quantitative estimate of drug-likeness (QED) is 0.855. The lowest BCUT2D eigenvalue weighted by Gasteiger charge is -2.22. The van der Waals surface area contributed by atoms with Crippen LogP contribution in [0.4, 0.5) is 0 Å². The van der Waals surface area contributed by atoms with Gasteiger partial charge in [-0.1, -0.05) is 19.9 Å². The molecule has 96 valence electrons. The van der Waals surface area contributed by atoms with Crippen molar-refractivity contribution in [3.05, 3.63) is 23.8 Å². The Bertz CT molecular complexity index is 361. The molecular weight excluding hydrogens is 214 g/mol. The molecular formula is C14H23NO2. The molecule has 17 heavy (non-hydrogen) atoms. The summed E-state index contributed by atoms with van der Waals surface area (Å²) >= 11 is 0. The Morgan fingerprint density at radius 2 is 1.65 bits per heavy atom. The van der Waals surface area contributed by atoms with Gasteiger partial charge < -0.3 is 15.2 Å². The van der Waals surface area contributed by atoms with E-state index < -0.39 is 0 Å². The SMILES string of the molecule is COc1cccc(OC(C)C(C)C)c1[C@@H](C)N. The van der Waals surface area contributed by atoms with Gasteiger partial charge in [0.15, 0.2) is 0 Å².